The summed E-state index contributed by atoms with van der Waals surface area (Å²) in [6.45, 7) is 2.13. The molecule has 1 rings (SSSR count). The lowest BCUT2D eigenvalue weighted by Gasteiger charge is -2.08. The van der Waals surface area contributed by atoms with Crippen LogP contribution in [0, 0.1) is 0 Å². The maximum absolute atomic E-state index is 10.5. The first-order valence-corrected chi connectivity index (χ1v) is 4.02. The smallest absolute Gasteiger partial charge is 0.320 e. The highest BCUT2D eigenvalue weighted by Crippen LogP contribution is 1.95. The third kappa shape index (κ3) is 2.55. The fourth-order valence-corrected chi connectivity index (χ4v) is 0.900. The van der Waals surface area contributed by atoms with Gasteiger partial charge in [0.2, 0.25) is 0 Å². The number of carboxylic acid groups (broad SMARTS) is 1. The van der Waals surface area contributed by atoms with E-state index in [0.717, 1.165) is 5.69 Å². The van der Waals surface area contributed by atoms with Gasteiger partial charge in [-0.1, -0.05) is 0 Å². The van der Waals surface area contributed by atoms with E-state index < -0.39 is 12.0 Å². The Morgan fingerprint density at radius 3 is 3.00 bits per heavy atom. The number of aliphatic carboxylic acids is 1. The number of nitrogens with one attached hydrogen (secondary N) is 1. The zero-order valence-corrected chi connectivity index (χ0v) is 7.69. The Kier molecular flexibility index (Phi) is 3.02. The lowest BCUT2D eigenvalue weighted by Crippen LogP contribution is -2.33. The molecule has 5 heteroatoms. The monoisotopic (exact) mass is 183 g/mol. The molecular weight excluding hydrogens is 170 g/mol. The molecule has 0 radical (unpaired) electrons. The Hall–Kier alpha value is -1.36. The first-order valence-electron chi connectivity index (χ1n) is 4.02. The quantitative estimate of drug-likeness (QED) is 0.688. The molecule has 2 N–H and O–H groups in total. The van der Waals surface area contributed by atoms with Crippen LogP contribution in [-0.2, 0) is 18.4 Å². The first-order chi connectivity index (χ1) is 6.11. The average molecular weight is 183 g/mol. The van der Waals surface area contributed by atoms with Crippen LogP contribution in [0.1, 0.15) is 12.6 Å². The zero-order valence-electron chi connectivity index (χ0n) is 7.69. The Bertz CT molecular complexity index is 295. The molecule has 1 heterocycles. The first kappa shape index (κ1) is 9.73. The van der Waals surface area contributed by atoms with Gasteiger partial charge in [-0.3, -0.25) is 10.1 Å². The van der Waals surface area contributed by atoms with Crippen molar-refractivity contribution in [2.45, 2.75) is 19.5 Å². The number of hydrogen-bond donors (Lipinski definition) is 2. The van der Waals surface area contributed by atoms with Crippen LogP contribution in [0.4, 0.5) is 0 Å². The van der Waals surface area contributed by atoms with Crippen molar-refractivity contribution >= 4 is 5.97 Å². The predicted octanol–water partition coefficient (Wildman–Crippen LogP) is -0.0172. The Balaban J connectivity index is 2.44. The molecule has 1 atom stereocenters. The van der Waals surface area contributed by atoms with Gasteiger partial charge in [0.05, 0.1) is 12.0 Å². The SMILES string of the molecule is CC(NCc1cncn1C)C(=O)O. The van der Waals surface area contributed by atoms with Crippen molar-refractivity contribution in [3.8, 4) is 0 Å². The Morgan fingerprint density at radius 2 is 2.54 bits per heavy atom. The van der Waals surface area contributed by atoms with Crippen LogP contribution in [0.3, 0.4) is 0 Å². The summed E-state index contributed by atoms with van der Waals surface area (Å²) < 4.78 is 1.85. The van der Waals surface area contributed by atoms with E-state index in [-0.39, 0.29) is 0 Å². The second-order valence-corrected chi connectivity index (χ2v) is 2.94. The fourth-order valence-electron chi connectivity index (χ4n) is 0.900. The molecule has 0 aliphatic rings. The summed E-state index contributed by atoms with van der Waals surface area (Å²) in [5.41, 5.74) is 0.966. The lowest BCUT2D eigenvalue weighted by atomic mass is 10.3. The van der Waals surface area contributed by atoms with Crippen LogP contribution >= 0.6 is 0 Å². The molecule has 1 aromatic rings. The molecule has 72 valence electrons. The van der Waals surface area contributed by atoms with E-state index in [1.807, 2.05) is 11.6 Å². The number of aromatic nitrogens is 2. The second kappa shape index (κ2) is 4.04. The summed E-state index contributed by atoms with van der Waals surface area (Å²) in [6, 6.07) is -0.532. The summed E-state index contributed by atoms with van der Waals surface area (Å²) in [5, 5.41) is 11.5. The third-order valence-electron chi connectivity index (χ3n) is 1.88. The highest BCUT2D eigenvalue weighted by Gasteiger charge is 2.09. The maximum Gasteiger partial charge on any atom is 0.320 e. The van der Waals surface area contributed by atoms with E-state index >= 15 is 0 Å². The van der Waals surface area contributed by atoms with E-state index in [1.54, 1.807) is 19.4 Å². The number of carbonyl (C=O) groups is 1. The number of rotatable bonds is 4. The zero-order chi connectivity index (χ0) is 9.84. The van der Waals surface area contributed by atoms with Crippen LogP contribution in [-0.4, -0.2) is 26.7 Å². The van der Waals surface area contributed by atoms with Crippen molar-refractivity contribution in [2.24, 2.45) is 7.05 Å². The second-order valence-electron chi connectivity index (χ2n) is 2.94. The van der Waals surface area contributed by atoms with E-state index in [4.69, 9.17) is 5.11 Å². The molecule has 1 aromatic heterocycles. The predicted molar refractivity (Wildman–Crippen MR) is 47.1 cm³/mol. The largest absolute Gasteiger partial charge is 0.480 e. The van der Waals surface area contributed by atoms with Crippen LogP contribution in [0.15, 0.2) is 12.5 Å². The van der Waals surface area contributed by atoms with E-state index in [2.05, 4.69) is 10.3 Å². The average Bonchev–Trinajstić information content (AvgIpc) is 2.47. The molecule has 0 amide bonds. The molecule has 0 bridgehead atoms. The number of aryl methyl sites for hydroxylation is 1. The molecule has 5 nitrogen and oxygen atoms in total. The van der Waals surface area contributed by atoms with E-state index in [0.29, 0.717) is 6.54 Å². The van der Waals surface area contributed by atoms with Gasteiger partial charge in [0.25, 0.3) is 0 Å². The molecular formula is C8H13N3O2. The molecule has 0 fully saturated rings. The maximum atomic E-state index is 10.5. The van der Waals surface area contributed by atoms with Gasteiger partial charge in [0.1, 0.15) is 6.04 Å². The van der Waals surface area contributed by atoms with Crippen LogP contribution in [0.5, 0.6) is 0 Å². The van der Waals surface area contributed by atoms with Crippen molar-refractivity contribution in [3.63, 3.8) is 0 Å². The van der Waals surface area contributed by atoms with Crippen molar-refractivity contribution in [1.82, 2.24) is 14.9 Å². The van der Waals surface area contributed by atoms with Gasteiger partial charge in [-0.15, -0.1) is 0 Å². The highest BCUT2D eigenvalue weighted by atomic mass is 16.4. The van der Waals surface area contributed by atoms with E-state index in [9.17, 15) is 4.79 Å². The van der Waals surface area contributed by atoms with Gasteiger partial charge in [-0.05, 0) is 6.92 Å². The minimum Gasteiger partial charge on any atom is -0.480 e. The minimum atomic E-state index is -0.845. The van der Waals surface area contributed by atoms with Crippen molar-refractivity contribution in [3.05, 3.63) is 18.2 Å². The molecule has 0 saturated heterocycles. The Labute approximate surface area is 76.4 Å². The topological polar surface area (TPSA) is 67.2 Å². The standard InChI is InChI=1S/C8H13N3O2/c1-6(8(12)13)10-4-7-3-9-5-11(7)2/h3,5-6,10H,4H2,1-2H3,(H,12,13). The fraction of sp³-hybridized carbons (Fsp3) is 0.500. The molecule has 13 heavy (non-hydrogen) atoms. The number of hydrogen-bond acceptors (Lipinski definition) is 3. The van der Waals surface area contributed by atoms with Gasteiger partial charge in [0, 0.05) is 19.8 Å². The molecule has 0 aliphatic heterocycles. The summed E-state index contributed by atoms with van der Waals surface area (Å²) in [6.07, 6.45) is 3.39. The van der Waals surface area contributed by atoms with Crippen LogP contribution in [0.2, 0.25) is 0 Å². The van der Waals surface area contributed by atoms with Crippen LogP contribution < -0.4 is 5.32 Å². The van der Waals surface area contributed by atoms with Gasteiger partial charge < -0.3 is 9.67 Å². The van der Waals surface area contributed by atoms with Crippen LogP contribution in [0.25, 0.3) is 0 Å². The highest BCUT2D eigenvalue weighted by molar-refractivity contribution is 5.72. The normalized spacial score (nSPS) is 12.8. The van der Waals surface area contributed by atoms with E-state index in [1.165, 1.54) is 0 Å². The minimum absolute atomic E-state index is 0.518. The molecule has 1 unspecified atom stereocenters. The number of carboxylic acids is 1. The number of nitrogens with zero attached hydrogens (tertiary/aromatic N) is 2. The summed E-state index contributed by atoms with van der Waals surface area (Å²) in [7, 11) is 1.87. The van der Waals surface area contributed by atoms with Gasteiger partial charge in [0.15, 0.2) is 0 Å². The molecule has 0 aliphatic carbocycles. The van der Waals surface area contributed by atoms with Gasteiger partial charge in [-0.2, -0.15) is 0 Å². The number of imidazole rings is 1. The van der Waals surface area contributed by atoms with Crippen molar-refractivity contribution in [1.29, 1.82) is 0 Å². The van der Waals surface area contributed by atoms with Gasteiger partial charge in [-0.25, -0.2) is 4.98 Å². The van der Waals surface area contributed by atoms with Crippen molar-refractivity contribution < 1.29 is 9.90 Å². The molecule has 0 spiro atoms. The molecule has 0 aromatic carbocycles. The van der Waals surface area contributed by atoms with Gasteiger partial charge >= 0.3 is 5.97 Å². The Morgan fingerprint density at radius 1 is 1.85 bits per heavy atom. The van der Waals surface area contributed by atoms with Crippen molar-refractivity contribution in [2.75, 3.05) is 0 Å². The third-order valence-corrected chi connectivity index (χ3v) is 1.88. The summed E-state index contributed by atoms with van der Waals surface area (Å²) in [4.78, 5) is 14.4. The summed E-state index contributed by atoms with van der Waals surface area (Å²) in [5.74, 6) is -0.845. The summed E-state index contributed by atoms with van der Waals surface area (Å²) >= 11 is 0. The molecule has 0 saturated carbocycles. The lowest BCUT2D eigenvalue weighted by molar-refractivity contribution is -0.139.